The van der Waals surface area contributed by atoms with E-state index in [9.17, 15) is 126 Å². The second kappa shape index (κ2) is 23.6. The van der Waals surface area contributed by atoms with Crippen LogP contribution in [0, 0.1) is 0 Å². The lowest BCUT2D eigenvalue weighted by molar-refractivity contribution is -0.386. The molecule has 0 aromatic heterocycles. The molecular weight excluding hydrogens is 1040 g/mol. The number of esters is 1. The normalized spacial score (nSPS) is 49.0. The predicted molar refractivity (Wildman–Crippen MR) is 207 cm³/mol. The van der Waals surface area contributed by atoms with Crippen molar-refractivity contribution in [2.75, 3.05) is 7.11 Å². The van der Waals surface area contributed by atoms with Crippen LogP contribution in [-0.2, 0) is 85.6 Å². The Morgan fingerprint density at radius 3 is 0.743 bits per heavy atom. The Hall–Kier alpha value is -4.18. The van der Waals surface area contributed by atoms with Crippen LogP contribution in [-0.4, -0.2) is 324 Å². The van der Waals surface area contributed by atoms with Gasteiger partial charge in [-0.3, -0.25) is 0 Å². The van der Waals surface area contributed by atoms with Gasteiger partial charge in [0.15, 0.2) is 74.4 Å². The first kappa shape index (κ1) is 59.1. The quantitative estimate of drug-likeness (QED) is 0.0638. The number of carbonyl (C=O) groups excluding carboxylic acids is 1. The van der Waals surface area contributed by atoms with Crippen molar-refractivity contribution < 1.29 is 183 Å². The highest BCUT2D eigenvalue weighted by Crippen LogP contribution is 2.37. The van der Waals surface area contributed by atoms with Crippen molar-refractivity contribution in [2.45, 2.75) is 184 Å². The van der Waals surface area contributed by atoms with Crippen LogP contribution < -0.4 is 0 Å². The Morgan fingerprint density at radius 1 is 0.284 bits per heavy atom. The Labute approximate surface area is 409 Å². The van der Waals surface area contributed by atoms with Crippen LogP contribution in [0.4, 0.5) is 0 Å². The molecule has 0 unspecified atom stereocenters. The van der Waals surface area contributed by atoms with E-state index in [1.54, 1.807) is 0 Å². The van der Waals surface area contributed by atoms with Gasteiger partial charge in [0.25, 0.3) is 0 Å². The van der Waals surface area contributed by atoms with Gasteiger partial charge in [-0.05, 0) is 0 Å². The summed E-state index contributed by atoms with van der Waals surface area (Å²) in [6, 6.07) is 0. The minimum Gasteiger partial charge on any atom is -0.479 e. The third kappa shape index (κ3) is 11.6. The van der Waals surface area contributed by atoms with Crippen molar-refractivity contribution in [3.8, 4) is 0 Å². The number of carbonyl (C=O) groups is 6. The molecule has 6 aliphatic heterocycles. The molecule has 6 rings (SSSR count). The van der Waals surface area contributed by atoms with Crippen LogP contribution in [0.15, 0.2) is 0 Å². The van der Waals surface area contributed by atoms with Gasteiger partial charge < -0.3 is 154 Å². The van der Waals surface area contributed by atoms with E-state index in [1.807, 2.05) is 0 Å². The van der Waals surface area contributed by atoms with Crippen LogP contribution >= 0.6 is 0 Å². The molecule has 37 nitrogen and oxygen atoms in total. The monoisotopic (exact) mass is 1090 g/mol. The summed E-state index contributed by atoms with van der Waals surface area (Å²) >= 11 is 0. The minimum atomic E-state index is -2.64. The van der Waals surface area contributed by atoms with Crippen LogP contribution in [0.3, 0.4) is 0 Å². The maximum Gasteiger partial charge on any atom is 0.337 e. The molecule has 6 saturated heterocycles. The summed E-state index contributed by atoms with van der Waals surface area (Å²) in [6.45, 7) is 0. The Bertz CT molecular complexity index is 2010. The van der Waals surface area contributed by atoms with Gasteiger partial charge in [-0.15, -0.1) is 0 Å². The Kier molecular flexibility index (Phi) is 18.8. The van der Waals surface area contributed by atoms with Gasteiger partial charge in [-0.2, -0.15) is 0 Å². The van der Waals surface area contributed by atoms with Crippen LogP contribution in [0.5, 0.6) is 0 Å². The zero-order valence-corrected chi connectivity index (χ0v) is 37.2. The Balaban J connectivity index is 1.13. The van der Waals surface area contributed by atoms with Crippen molar-refractivity contribution in [2.24, 2.45) is 0 Å². The number of hydrogen-bond donors (Lipinski definition) is 19. The SMILES string of the molecule is COC(=O)[C@H]1O[C@@H](O[C@@H]2[C@H](O)[C@@H](O)[C@@H](O[C@@H]3[C@H](O)[C@@H](O)[C@@H](O[C@@H]4[C@H](O)[C@@H](O)[C@@H](O[C@@H]5[C@H](O)[C@@H](O)[C@@H](O[C@@H]6[C@H](O)[C@@H](O)[C@@H](O)O[C@@H]6C(=O)O)O[C@@H]5C(=O)O)O[C@@H]4C(=O)O)O[C@@H]3C(=O)O)O[C@@H]2C(=O)O)[C@H](O)[C@@H](O)[C@H]1O. The molecule has 0 saturated carbocycles. The molecule has 0 aliphatic carbocycles. The second-order valence-electron chi connectivity index (χ2n) is 17.2. The molecule has 6 aliphatic rings. The van der Waals surface area contributed by atoms with Crippen molar-refractivity contribution in [1.29, 1.82) is 0 Å². The van der Waals surface area contributed by atoms with Gasteiger partial charge in [-0.1, -0.05) is 0 Å². The van der Waals surface area contributed by atoms with Gasteiger partial charge in [0.05, 0.1) is 7.11 Å². The number of aliphatic hydroxyl groups excluding tert-OH is 14. The van der Waals surface area contributed by atoms with Gasteiger partial charge in [-0.25, -0.2) is 28.8 Å². The maximum atomic E-state index is 12.5. The highest BCUT2D eigenvalue weighted by molar-refractivity contribution is 5.76. The van der Waals surface area contributed by atoms with Crippen molar-refractivity contribution >= 4 is 35.8 Å². The number of hydrogen-bond acceptors (Lipinski definition) is 32. The lowest BCUT2D eigenvalue weighted by Gasteiger charge is -2.48. The molecule has 37 heteroatoms. The summed E-state index contributed by atoms with van der Waals surface area (Å²) in [7, 11) is 0.850. The molecule has 0 aromatic carbocycles. The highest BCUT2D eigenvalue weighted by atomic mass is 16.8. The van der Waals surface area contributed by atoms with E-state index in [0.717, 1.165) is 7.11 Å². The van der Waals surface area contributed by atoms with Gasteiger partial charge in [0.2, 0.25) is 0 Å². The van der Waals surface area contributed by atoms with E-state index in [-0.39, 0.29) is 0 Å². The van der Waals surface area contributed by atoms with Crippen molar-refractivity contribution in [3.05, 3.63) is 0 Å². The molecule has 0 amide bonds. The van der Waals surface area contributed by atoms with E-state index in [1.165, 1.54) is 0 Å². The number of ether oxygens (including phenoxy) is 12. The average molecular weight is 1090 g/mol. The highest BCUT2D eigenvalue weighted by Gasteiger charge is 2.60. The molecule has 0 radical (unpaired) electrons. The van der Waals surface area contributed by atoms with Gasteiger partial charge in [0.1, 0.15) is 110 Å². The fraction of sp³-hybridized carbons (Fsp3) is 0.838. The smallest absolute Gasteiger partial charge is 0.337 e. The van der Waals surface area contributed by atoms with Gasteiger partial charge in [0, 0.05) is 0 Å². The Morgan fingerprint density at radius 2 is 0.500 bits per heavy atom. The largest absolute Gasteiger partial charge is 0.479 e. The first-order chi connectivity index (χ1) is 34.5. The third-order valence-electron chi connectivity index (χ3n) is 12.4. The molecule has 0 bridgehead atoms. The summed E-state index contributed by atoms with van der Waals surface area (Å²) in [6.07, 6.45) is -72.9. The minimum absolute atomic E-state index is 0.850. The van der Waals surface area contributed by atoms with Crippen LogP contribution in [0.25, 0.3) is 0 Å². The fourth-order valence-corrected chi connectivity index (χ4v) is 8.45. The van der Waals surface area contributed by atoms with Crippen LogP contribution in [0.2, 0.25) is 0 Å². The van der Waals surface area contributed by atoms with Crippen molar-refractivity contribution in [3.63, 3.8) is 0 Å². The molecule has 0 spiro atoms. The molecular formula is C37H52O37. The number of methoxy groups -OCH3 is 1. The molecule has 0 aromatic rings. The first-order valence-corrected chi connectivity index (χ1v) is 21.5. The summed E-state index contributed by atoms with van der Waals surface area (Å²) in [5.74, 6) is -11.5. The first-order valence-electron chi connectivity index (χ1n) is 21.5. The summed E-state index contributed by atoms with van der Waals surface area (Å²) in [5, 5.41) is 199. The molecule has 19 N–H and O–H groups in total. The topological polar surface area (TPSA) is 598 Å². The van der Waals surface area contributed by atoms with Crippen LogP contribution in [0.1, 0.15) is 0 Å². The maximum absolute atomic E-state index is 12.5. The second-order valence-corrected chi connectivity index (χ2v) is 17.2. The summed E-state index contributed by atoms with van der Waals surface area (Å²) in [4.78, 5) is 73.5. The van der Waals surface area contributed by atoms with E-state index >= 15 is 0 Å². The molecule has 6 fully saturated rings. The lowest BCUT2D eigenvalue weighted by atomic mass is 9.95. The number of rotatable bonds is 16. The zero-order chi connectivity index (χ0) is 55.3. The van der Waals surface area contributed by atoms with Gasteiger partial charge >= 0.3 is 35.8 Å². The fourth-order valence-electron chi connectivity index (χ4n) is 8.45. The summed E-state index contributed by atoms with van der Waals surface area (Å²) < 4.78 is 61.4. The van der Waals surface area contributed by atoms with E-state index in [0.29, 0.717) is 0 Å². The average Bonchev–Trinajstić information content (AvgIpc) is 3.34. The predicted octanol–water partition coefficient (Wildman–Crippen LogP) is -13.5. The third-order valence-corrected chi connectivity index (χ3v) is 12.4. The lowest BCUT2D eigenvalue weighted by Crippen LogP contribution is -2.69. The van der Waals surface area contributed by atoms with E-state index in [2.05, 4.69) is 9.47 Å². The van der Waals surface area contributed by atoms with E-state index < -0.39 is 220 Å². The molecule has 6 heterocycles. The zero-order valence-electron chi connectivity index (χ0n) is 37.2. The number of carboxylic acid groups (broad SMARTS) is 5. The molecule has 74 heavy (non-hydrogen) atoms. The number of aliphatic carboxylic acids is 5. The van der Waals surface area contributed by atoms with Crippen molar-refractivity contribution in [1.82, 2.24) is 0 Å². The standard InChI is InChI=1S/C37H52O37/c1-63-32(62)20-3(39)2(38)10(46)33(70-20)66-16-5(41)12(48)35(72-22(16)27(53)54)68-18-7(43)14(50)37(74-24(18)29(57)58)69-19-8(44)13(49)36(73-25(19)30(59)60)67-17-6(42)11(47)34(71-23(17)28(55)56)65-15-4(40)9(45)31(61)64-21(15)26(51)52/h2-25,31,33-50,61H,1H3,(H,51,52)(H,53,54)(H,55,56)(H,57,58)(H,59,60)/t2-,3+,4+,5+,6+,7+,8+,9+,10+,11+,12+,13+,14+,15+,16+,17+,18+,19+,20-,21-,22-,23-,24-,25-,31-,33+,34-,35-,36-,37-/m0/s1. The molecule has 30 atom stereocenters. The number of carboxylic acids is 5. The summed E-state index contributed by atoms with van der Waals surface area (Å²) in [5.41, 5.74) is 0. The molecule has 422 valence electrons. The number of aliphatic hydroxyl groups is 14. The van der Waals surface area contributed by atoms with E-state index in [4.69, 9.17) is 47.4 Å².